The van der Waals surface area contributed by atoms with E-state index in [4.69, 9.17) is 11.6 Å². The van der Waals surface area contributed by atoms with Crippen LogP contribution >= 0.6 is 23.4 Å². The number of pyridine rings is 1. The molecular formula is C12H7ClF3NS. The average molecular weight is 290 g/mol. The van der Waals surface area contributed by atoms with Gasteiger partial charge in [-0.15, -0.1) is 0 Å². The quantitative estimate of drug-likeness (QED) is 0.612. The zero-order valence-electron chi connectivity index (χ0n) is 8.96. The SMILES string of the molecule is Fc1cc(F)c(SCc2ccc(Cl)cc2)nc1F. The van der Waals surface area contributed by atoms with E-state index in [0.717, 1.165) is 17.3 Å². The first-order chi connectivity index (χ1) is 8.56. The minimum atomic E-state index is -1.30. The van der Waals surface area contributed by atoms with Crippen LogP contribution in [-0.2, 0) is 5.75 Å². The van der Waals surface area contributed by atoms with Crippen molar-refractivity contribution in [3.63, 3.8) is 0 Å². The van der Waals surface area contributed by atoms with E-state index in [1.165, 1.54) is 0 Å². The van der Waals surface area contributed by atoms with Gasteiger partial charge in [-0.2, -0.15) is 4.39 Å². The molecule has 0 saturated heterocycles. The van der Waals surface area contributed by atoms with Crippen molar-refractivity contribution in [2.24, 2.45) is 0 Å². The summed E-state index contributed by atoms with van der Waals surface area (Å²) >= 11 is 6.71. The highest BCUT2D eigenvalue weighted by Crippen LogP contribution is 2.25. The Morgan fingerprint density at radius 3 is 2.39 bits per heavy atom. The van der Waals surface area contributed by atoms with Crippen LogP contribution in [-0.4, -0.2) is 4.98 Å². The van der Waals surface area contributed by atoms with Crippen molar-refractivity contribution in [2.45, 2.75) is 10.8 Å². The summed E-state index contributed by atoms with van der Waals surface area (Å²) in [7, 11) is 0. The molecule has 0 N–H and O–H groups in total. The first-order valence-corrected chi connectivity index (χ1v) is 6.31. The molecule has 0 spiro atoms. The summed E-state index contributed by atoms with van der Waals surface area (Å²) in [6.07, 6.45) is 0. The second kappa shape index (κ2) is 5.63. The van der Waals surface area contributed by atoms with Gasteiger partial charge in [-0.1, -0.05) is 35.5 Å². The molecule has 0 atom stereocenters. The fourth-order valence-corrected chi connectivity index (χ4v) is 2.23. The molecule has 0 bridgehead atoms. The summed E-state index contributed by atoms with van der Waals surface area (Å²) in [6, 6.07) is 7.44. The van der Waals surface area contributed by atoms with Crippen LogP contribution in [0.2, 0.25) is 5.02 Å². The van der Waals surface area contributed by atoms with Crippen molar-refractivity contribution in [3.8, 4) is 0 Å². The van der Waals surface area contributed by atoms with E-state index in [2.05, 4.69) is 4.98 Å². The molecule has 18 heavy (non-hydrogen) atoms. The topological polar surface area (TPSA) is 12.9 Å². The largest absolute Gasteiger partial charge is 0.250 e. The zero-order valence-corrected chi connectivity index (χ0v) is 10.5. The van der Waals surface area contributed by atoms with E-state index in [1.807, 2.05) is 0 Å². The summed E-state index contributed by atoms with van der Waals surface area (Å²) in [5.74, 6) is -3.06. The maximum Gasteiger partial charge on any atom is 0.250 e. The molecule has 0 aliphatic rings. The molecule has 1 aromatic carbocycles. The molecule has 6 heteroatoms. The van der Waals surface area contributed by atoms with Gasteiger partial charge < -0.3 is 0 Å². The van der Waals surface area contributed by atoms with E-state index in [0.29, 0.717) is 16.8 Å². The first kappa shape index (κ1) is 13.2. The molecule has 0 aliphatic heterocycles. The Hall–Kier alpha value is -1.20. The van der Waals surface area contributed by atoms with E-state index in [9.17, 15) is 13.2 Å². The number of rotatable bonds is 3. The lowest BCUT2D eigenvalue weighted by molar-refractivity contribution is 0.448. The van der Waals surface area contributed by atoms with E-state index < -0.39 is 17.6 Å². The summed E-state index contributed by atoms with van der Waals surface area (Å²) in [6.45, 7) is 0. The molecule has 0 saturated carbocycles. The molecule has 1 heterocycles. The molecule has 1 nitrogen and oxygen atoms in total. The zero-order chi connectivity index (χ0) is 13.1. The van der Waals surface area contributed by atoms with Crippen LogP contribution in [0.5, 0.6) is 0 Å². The lowest BCUT2D eigenvalue weighted by atomic mass is 10.2. The Kier molecular flexibility index (Phi) is 4.14. The van der Waals surface area contributed by atoms with E-state index >= 15 is 0 Å². The third-order valence-electron chi connectivity index (χ3n) is 2.14. The van der Waals surface area contributed by atoms with Gasteiger partial charge in [0.15, 0.2) is 11.6 Å². The van der Waals surface area contributed by atoms with E-state index in [1.54, 1.807) is 24.3 Å². The monoisotopic (exact) mass is 289 g/mol. The molecule has 0 aliphatic carbocycles. The van der Waals surface area contributed by atoms with Gasteiger partial charge in [0.25, 0.3) is 0 Å². The fourth-order valence-electron chi connectivity index (χ4n) is 1.26. The van der Waals surface area contributed by atoms with Crippen LogP contribution in [0.3, 0.4) is 0 Å². The van der Waals surface area contributed by atoms with Crippen LogP contribution in [0.1, 0.15) is 5.56 Å². The molecule has 0 amide bonds. The molecule has 0 fully saturated rings. The average Bonchev–Trinajstić information content (AvgIpc) is 2.34. The van der Waals surface area contributed by atoms with Crippen LogP contribution < -0.4 is 0 Å². The minimum Gasteiger partial charge on any atom is -0.208 e. The number of thioether (sulfide) groups is 1. The number of hydrogen-bond donors (Lipinski definition) is 0. The summed E-state index contributed by atoms with van der Waals surface area (Å²) in [4.78, 5) is 3.23. The number of nitrogens with zero attached hydrogens (tertiary/aromatic N) is 1. The fraction of sp³-hybridized carbons (Fsp3) is 0.0833. The van der Waals surface area contributed by atoms with Crippen LogP contribution in [0, 0.1) is 17.6 Å². The van der Waals surface area contributed by atoms with Crippen LogP contribution in [0.15, 0.2) is 35.4 Å². The molecule has 2 aromatic rings. The van der Waals surface area contributed by atoms with Gasteiger partial charge >= 0.3 is 0 Å². The van der Waals surface area contributed by atoms with Crippen molar-refractivity contribution in [3.05, 3.63) is 58.5 Å². The molecule has 0 radical (unpaired) electrons. The van der Waals surface area contributed by atoms with Gasteiger partial charge in [0.1, 0.15) is 5.03 Å². The van der Waals surface area contributed by atoms with Crippen molar-refractivity contribution >= 4 is 23.4 Å². The number of hydrogen-bond acceptors (Lipinski definition) is 2. The number of aromatic nitrogens is 1. The minimum absolute atomic E-state index is 0.163. The lowest BCUT2D eigenvalue weighted by Gasteiger charge is -2.03. The second-order valence-electron chi connectivity index (χ2n) is 3.46. The Morgan fingerprint density at radius 1 is 1.06 bits per heavy atom. The molecule has 2 rings (SSSR count). The maximum atomic E-state index is 13.3. The summed E-state index contributed by atoms with van der Waals surface area (Å²) in [5.41, 5.74) is 0.885. The van der Waals surface area contributed by atoms with Gasteiger partial charge in [-0.3, -0.25) is 0 Å². The maximum absolute atomic E-state index is 13.3. The summed E-state index contributed by atoms with van der Waals surface area (Å²) in [5, 5.41) is 0.435. The van der Waals surface area contributed by atoms with Crippen molar-refractivity contribution in [2.75, 3.05) is 0 Å². The molecule has 1 aromatic heterocycles. The highest BCUT2D eigenvalue weighted by atomic mass is 35.5. The lowest BCUT2D eigenvalue weighted by Crippen LogP contribution is -1.96. The predicted octanol–water partition coefficient (Wildman–Crippen LogP) is 4.44. The highest BCUT2D eigenvalue weighted by Gasteiger charge is 2.12. The van der Waals surface area contributed by atoms with E-state index in [-0.39, 0.29) is 5.03 Å². The Labute approximate surface area is 111 Å². The third-order valence-corrected chi connectivity index (χ3v) is 3.43. The van der Waals surface area contributed by atoms with Crippen LogP contribution in [0.4, 0.5) is 13.2 Å². The van der Waals surface area contributed by atoms with Gasteiger partial charge in [0.2, 0.25) is 5.95 Å². The molecule has 0 unspecified atom stereocenters. The van der Waals surface area contributed by atoms with Gasteiger partial charge in [-0.25, -0.2) is 13.8 Å². The smallest absolute Gasteiger partial charge is 0.208 e. The number of halogens is 4. The van der Waals surface area contributed by atoms with Gasteiger partial charge in [-0.05, 0) is 17.7 Å². The van der Waals surface area contributed by atoms with Crippen LogP contribution in [0.25, 0.3) is 0 Å². The molecule has 94 valence electrons. The van der Waals surface area contributed by atoms with Gasteiger partial charge in [0.05, 0.1) is 0 Å². The standard InChI is InChI=1S/C12H7ClF3NS/c13-8-3-1-7(2-4-8)6-18-12-10(15)5-9(14)11(16)17-12/h1-5H,6H2. The number of benzene rings is 1. The van der Waals surface area contributed by atoms with Gasteiger partial charge in [0, 0.05) is 16.8 Å². The Bertz CT molecular complexity index is 560. The second-order valence-corrected chi connectivity index (χ2v) is 4.86. The summed E-state index contributed by atoms with van der Waals surface area (Å²) < 4.78 is 38.8. The first-order valence-electron chi connectivity index (χ1n) is 4.95. The Balaban J connectivity index is 2.10. The predicted molar refractivity (Wildman–Crippen MR) is 65.1 cm³/mol. The van der Waals surface area contributed by atoms with Crippen molar-refractivity contribution in [1.82, 2.24) is 4.98 Å². The normalized spacial score (nSPS) is 10.7. The highest BCUT2D eigenvalue weighted by molar-refractivity contribution is 7.98. The van der Waals surface area contributed by atoms with Crippen molar-refractivity contribution in [1.29, 1.82) is 0 Å². The van der Waals surface area contributed by atoms with Crippen molar-refractivity contribution < 1.29 is 13.2 Å². The Morgan fingerprint density at radius 2 is 1.72 bits per heavy atom. The third kappa shape index (κ3) is 3.17. The molecular weight excluding hydrogens is 283 g/mol.